The fraction of sp³-hybridized carbons (Fsp3) is 0.136. The number of hydrogen-bond donors (Lipinski definition) is 2. The number of anilines is 2. The molecule has 0 fully saturated rings. The molecule has 0 spiro atoms. The maximum Gasteiger partial charge on any atom is 0.265 e. The molecule has 0 aliphatic carbocycles. The first-order valence-electron chi connectivity index (χ1n) is 9.27. The fourth-order valence-corrected chi connectivity index (χ4v) is 4.10. The van der Waals surface area contributed by atoms with Gasteiger partial charge in [-0.1, -0.05) is 47.0 Å². The van der Waals surface area contributed by atoms with Crippen molar-refractivity contribution in [2.24, 2.45) is 0 Å². The predicted octanol–water partition coefficient (Wildman–Crippen LogP) is 5.51. The Balaban J connectivity index is 1.65. The van der Waals surface area contributed by atoms with Crippen LogP contribution in [0.1, 0.15) is 12.5 Å². The van der Waals surface area contributed by atoms with Crippen LogP contribution in [-0.2, 0) is 14.8 Å². The van der Waals surface area contributed by atoms with E-state index < -0.39 is 16.1 Å². The SMILES string of the molecule is Cc1ccc(O[C@H](C)C(=O)Nc2ccc(S(=O)(=O)Nc3cccc(Cl)c3Cl)cc2)cc1. The van der Waals surface area contributed by atoms with Gasteiger partial charge >= 0.3 is 0 Å². The maximum absolute atomic E-state index is 12.6. The van der Waals surface area contributed by atoms with E-state index in [0.717, 1.165) is 5.56 Å². The Kier molecular flexibility index (Phi) is 7.10. The van der Waals surface area contributed by atoms with Crippen molar-refractivity contribution in [3.05, 3.63) is 82.3 Å². The van der Waals surface area contributed by atoms with Crippen LogP contribution in [0.25, 0.3) is 0 Å². The smallest absolute Gasteiger partial charge is 0.265 e. The van der Waals surface area contributed by atoms with E-state index in [1.54, 1.807) is 31.2 Å². The molecule has 3 rings (SSSR count). The summed E-state index contributed by atoms with van der Waals surface area (Å²) in [6.07, 6.45) is -0.738. The van der Waals surface area contributed by atoms with Crippen LogP contribution in [0.2, 0.25) is 10.0 Å². The number of carbonyl (C=O) groups is 1. The first-order chi connectivity index (χ1) is 14.7. The molecule has 0 aliphatic heterocycles. The lowest BCUT2D eigenvalue weighted by Crippen LogP contribution is -2.30. The van der Waals surface area contributed by atoms with Crippen LogP contribution in [0, 0.1) is 6.92 Å². The summed E-state index contributed by atoms with van der Waals surface area (Å²) < 4.78 is 33.3. The van der Waals surface area contributed by atoms with E-state index in [2.05, 4.69) is 10.0 Å². The van der Waals surface area contributed by atoms with E-state index in [-0.39, 0.29) is 26.5 Å². The minimum Gasteiger partial charge on any atom is -0.481 e. The van der Waals surface area contributed by atoms with Crippen molar-refractivity contribution in [2.45, 2.75) is 24.8 Å². The minimum absolute atomic E-state index is 0.00509. The molecule has 0 saturated carbocycles. The number of ether oxygens (including phenoxy) is 1. The largest absolute Gasteiger partial charge is 0.481 e. The normalized spacial score (nSPS) is 12.1. The van der Waals surface area contributed by atoms with Crippen LogP contribution in [-0.4, -0.2) is 20.4 Å². The van der Waals surface area contributed by atoms with Crippen molar-refractivity contribution < 1.29 is 17.9 Å². The van der Waals surface area contributed by atoms with Gasteiger partial charge in [0.15, 0.2) is 6.10 Å². The highest BCUT2D eigenvalue weighted by atomic mass is 35.5. The fourth-order valence-electron chi connectivity index (χ4n) is 2.62. The van der Waals surface area contributed by atoms with Crippen LogP contribution >= 0.6 is 23.2 Å². The van der Waals surface area contributed by atoms with Crippen molar-refractivity contribution in [1.29, 1.82) is 0 Å². The van der Waals surface area contributed by atoms with Gasteiger partial charge < -0.3 is 10.1 Å². The molecule has 1 atom stereocenters. The summed E-state index contributed by atoms with van der Waals surface area (Å²) in [4.78, 5) is 12.4. The van der Waals surface area contributed by atoms with Crippen LogP contribution in [0.5, 0.6) is 5.75 Å². The first kappa shape index (κ1) is 22.9. The summed E-state index contributed by atoms with van der Waals surface area (Å²) in [6.45, 7) is 3.59. The zero-order valence-electron chi connectivity index (χ0n) is 16.7. The molecule has 31 heavy (non-hydrogen) atoms. The van der Waals surface area contributed by atoms with E-state index in [1.807, 2.05) is 19.1 Å². The Labute approximate surface area is 191 Å². The summed E-state index contributed by atoms with van der Waals surface area (Å²) in [7, 11) is -3.89. The van der Waals surface area contributed by atoms with E-state index >= 15 is 0 Å². The molecule has 1 amide bonds. The molecule has 162 valence electrons. The van der Waals surface area contributed by atoms with Gasteiger partial charge in [0.05, 0.1) is 20.6 Å². The molecule has 0 saturated heterocycles. The quantitative estimate of drug-likeness (QED) is 0.468. The number of rotatable bonds is 7. The van der Waals surface area contributed by atoms with Gasteiger partial charge in [-0.15, -0.1) is 0 Å². The molecule has 0 heterocycles. The zero-order chi connectivity index (χ0) is 22.6. The zero-order valence-corrected chi connectivity index (χ0v) is 19.1. The number of halogens is 2. The highest BCUT2D eigenvalue weighted by Crippen LogP contribution is 2.31. The Morgan fingerprint density at radius 3 is 2.26 bits per heavy atom. The van der Waals surface area contributed by atoms with Gasteiger partial charge in [0, 0.05) is 5.69 Å². The Morgan fingerprint density at radius 2 is 1.61 bits per heavy atom. The highest BCUT2D eigenvalue weighted by molar-refractivity contribution is 7.92. The van der Waals surface area contributed by atoms with Gasteiger partial charge in [0.2, 0.25) is 0 Å². The predicted molar refractivity (Wildman–Crippen MR) is 124 cm³/mol. The average Bonchev–Trinajstić information content (AvgIpc) is 2.73. The van der Waals surface area contributed by atoms with Gasteiger partial charge in [-0.3, -0.25) is 9.52 Å². The second-order valence-electron chi connectivity index (χ2n) is 6.79. The van der Waals surface area contributed by atoms with Crippen LogP contribution < -0.4 is 14.8 Å². The lowest BCUT2D eigenvalue weighted by Gasteiger charge is -2.15. The molecule has 0 radical (unpaired) electrons. The molecule has 0 unspecified atom stereocenters. The van der Waals surface area contributed by atoms with Crippen LogP contribution in [0.4, 0.5) is 11.4 Å². The number of carbonyl (C=O) groups excluding carboxylic acids is 1. The standard InChI is InChI=1S/C22H20Cl2N2O4S/c1-14-6-10-17(11-7-14)30-15(2)22(27)25-16-8-12-18(13-9-16)31(28,29)26-20-5-3-4-19(23)21(20)24/h3-13,15,26H,1-2H3,(H,25,27)/t15-/m1/s1. The topological polar surface area (TPSA) is 84.5 Å². The number of hydrogen-bond acceptors (Lipinski definition) is 4. The number of benzene rings is 3. The Bertz CT molecular complexity index is 1180. The average molecular weight is 479 g/mol. The van der Waals surface area contributed by atoms with E-state index in [0.29, 0.717) is 11.4 Å². The van der Waals surface area contributed by atoms with Gasteiger partial charge in [-0.25, -0.2) is 8.42 Å². The number of amides is 1. The van der Waals surface area contributed by atoms with Crippen molar-refractivity contribution in [3.8, 4) is 5.75 Å². The lowest BCUT2D eigenvalue weighted by atomic mass is 10.2. The summed E-state index contributed by atoms with van der Waals surface area (Å²) >= 11 is 12.0. The molecule has 0 bridgehead atoms. The van der Waals surface area contributed by atoms with E-state index in [9.17, 15) is 13.2 Å². The highest BCUT2D eigenvalue weighted by Gasteiger charge is 2.18. The summed E-state index contributed by atoms with van der Waals surface area (Å²) in [5.74, 6) is 0.223. The molecular formula is C22H20Cl2N2O4S. The number of nitrogens with one attached hydrogen (secondary N) is 2. The minimum atomic E-state index is -3.89. The lowest BCUT2D eigenvalue weighted by molar-refractivity contribution is -0.122. The second kappa shape index (κ2) is 9.60. The molecule has 9 heteroatoms. The van der Waals surface area contributed by atoms with Crippen LogP contribution in [0.15, 0.2) is 71.6 Å². The van der Waals surface area contributed by atoms with Crippen molar-refractivity contribution in [2.75, 3.05) is 10.0 Å². The van der Waals surface area contributed by atoms with Gasteiger partial charge in [0.1, 0.15) is 5.75 Å². The molecule has 0 aliphatic rings. The maximum atomic E-state index is 12.6. The third-order valence-corrected chi connectivity index (χ3v) is 6.53. The van der Waals surface area contributed by atoms with Gasteiger partial charge in [-0.05, 0) is 62.4 Å². The second-order valence-corrected chi connectivity index (χ2v) is 9.26. The Morgan fingerprint density at radius 1 is 0.968 bits per heavy atom. The first-order valence-corrected chi connectivity index (χ1v) is 11.5. The summed E-state index contributed by atoms with van der Waals surface area (Å²) in [5, 5.41) is 3.05. The van der Waals surface area contributed by atoms with Gasteiger partial charge in [0.25, 0.3) is 15.9 Å². The Hall–Kier alpha value is -2.74. The summed E-state index contributed by atoms with van der Waals surface area (Å²) in [5.41, 5.74) is 1.70. The molecular weight excluding hydrogens is 459 g/mol. The third-order valence-electron chi connectivity index (χ3n) is 4.33. The molecule has 6 nitrogen and oxygen atoms in total. The van der Waals surface area contributed by atoms with Crippen molar-refractivity contribution >= 4 is 50.5 Å². The van der Waals surface area contributed by atoms with Gasteiger partial charge in [-0.2, -0.15) is 0 Å². The van der Waals surface area contributed by atoms with E-state index in [4.69, 9.17) is 27.9 Å². The monoisotopic (exact) mass is 478 g/mol. The van der Waals surface area contributed by atoms with Crippen molar-refractivity contribution in [1.82, 2.24) is 0 Å². The number of aryl methyl sites for hydroxylation is 1. The third kappa shape index (κ3) is 5.91. The molecule has 3 aromatic carbocycles. The summed E-state index contributed by atoms with van der Waals surface area (Å²) in [6, 6.07) is 17.8. The number of sulfonamides is 1. The molecule has 3 aromatic rings. The molecule has 2 N–H and O–H groups in total. The van der Waals surface area contributed by atoms with Crippen molar-refractivity contribution in [3.63, 3.8) is 0 Å². The molecule has 0 aromatic heterocycles. The van der Waals surface area contributed by atoms with E-state index in [1.165, 1.54) is 30.3 Å². The van der Waals surface area contributed by atoms with Crippen LogP contribution in [0.3, 0.4) is 0 Å².